The summed E-state index contributed by atoms with van der Waals surface area (Å²) in [6.07, 6.45) is 1.64. The lowest BCUT2D eigenvalue weighted by molar-refractivity contribution is -0.113. The summed E-state index contributed by atoms with van der Waals surface area (Å²) in [6.45, 7) is 2.00. The zero-order chi connectivity index (χ0) is 16.2. The number of nitrogens with one attached hydrogen (secondary N) is 1. The van der Waals surface area contributed by atoms with Gasteiger partial charge in [-0.1, -0.05) is 35.5 Å². The standard InChI is InChI=1S/C14H14N6OS2/c1-9-3-2-4-10(7-9)12-18-19-14(20(12)15)23-8-11(21)17-13-16-5-6-22-13/h2-7H,8,15H2,1H3,(H,16,17,21). The van der Waals surface area contributed by atoms with Crippen LogP contribution in [0.2, 0.25) is 0 Å². The highest BCUT2D eigenvalue weighted by molar-refractivity contribution is 7.99. The smallest absolute Gasteiger partial charge is 0.236 e. The zero-order valence-corrected chi connectivity index (χ0v) is 13.9. The lowest BCUT2D eigenvalue weighted by atomic mass is 10.1. The Balaban J connectivity index is 1.66. The molecule has 0 atom stereocenters. The van der Waals surface area contributed by atoms with Crippen molar-refractivity contribution in [3.05, 3.63) is 41.4 Å². The van der Waals surface area contributed by atoms with Gasteiger partial charge in [0.05, 0.1) is 5.75 Å². The van der Waals surface area contributed by atoms with E-state index in [0.717, 1.165) is 11.1 Å². The minimum Gasteiger partial charge on any atom is -0.335 e. The third-order valence-electron chi connectivity index (χ3n) is 2.95. The number of nitrogens with two attached hydrogens (primary N) is 1. The lowest BCUT2D eigenvalue weighted by Gasteiger charge is -2.04. The van der Waals surface area contributed by atoms with Gasteiger partial charge in [-0.2, -0.15) is 0 Å². The van der Waals surface area contributed by atoms with Crippen molar-refractivity contribution in [3.8, 4) is 11.4 Å². The molecule has 2 aromatic heterocycles. The van der Waals surface area contributed by atoms with Crippen molar-refractivity contribution in [1.29, 1.82) is 0 Å². The topological polar surface area (TPSA) is 98.7 Å². The van der Waals surface area contributed by atoms with Crippen LogP contribution in [0, 0.1) is 6.92 Å². The van der Waals surface area contributed by atoms with E-state index in [2.05, 4.69) is 20.5 Å². The molecule has 0 aliphatic heterocycles. The van der Waals surface area contributed by atoms with Crippen LogP contribution < -0.4 is 11.2 Å². The van der Waals surface area contributed by atoms with Crippen molar-refractivity contribution in [2.75, 3.05) is 16.9 Å². The summed E-state index contributed by atoms with van der Waals surface area (Å²) in [6, 6.07) is 7.84. The Labute approximate surface area is 140 Å². The Morgan fingerprint density at radius 2 is 2.30 bits per heavy atom. The molecular formula is C14H14N6OS2. The lowest BCUT2D eigenvalue weighted by Crippen LogP contribution is -2.16. The highest BCUT2D eigenvalue weighted by atomic mass is 32.2. The minimum absolute atomic E-state index is 0.162. The van der Waals surface area contributed by atoms with Gasteiger partial charge in [0.15, 0.2) is 11.0 Å². The summed E-state index contributed by atoms with van der Waals surface area (Å²) in [7, 11) is 0. The first kappa shape index (κ1) is 15.5. The highest BCUT2D eigenvalue weighted by Gasteiger charge is 2.14. The second-order valence-corrected chi connectivity index (χ2v) is 6.56. The Morgan fingerprint density at radius 1 is 1.43 bits per heavy atom. The molecule has 7 nitrogen and oxygen atoms in total. The second-order valence-electron chi connectivity index (χ2n) is 4.72. The molecule has 0 spiro atoms. The number of carbonyl (C=O) groups is 1. The number of amides is 1. The molecule has 3 rings (SSSR count). The molecule has 23 heavy (non-hydrogen) atoms. The summed E-state index contributed by atoms with van der Waals surface area (Å²) in [5, 5.41) is 13.7. The van der Waals surface area contributed by atoms with Crippen LogP contribution in [0.3, 0.4) is 0 Å². The molecule has 118 valence electrons. The molecule has 1 amide bonds. The van der Waals surface area contributed by atoms with E-state index in [-0.39, 0.29) is 11.7 Å². The van der Waals surface area contributed by atoms with Crippen molar-refractivity contribution in [3.63, 3.8) is 0 Å². The SMILES string of the molecule is Cc1cccc(-c2nnc(SCC(=O)Nc3nccs3)n2N)c1. The molecule has 1 aromatic carbocycles. The molecule has 0 aliphatic carbocycles. The largest absolute Gasteiger partial charge is 0.335 e. The molecule has 3 aromatic rings. The Bertz CT molecular complexity index is 815. The fraction of sp³-hybridized carbons (Fsp3) is 0.143. The normalized spacial score (nSPS) is 10.7. The Kier molecular flexibility index (Phi) is 4.58. The monoisotopic (exact) mass is 346 g/mol. The van der Waals surface area contributed by atoms with Crippen molar-refractivity contribution >= 4 is 34.1 Å². The van der Waals surface area contributed by atoms with Crippen molar-refractivity contribution < 1.29 is 4.79 Å². The van der Waals surface area contributed by atoms with Gasteiger partial charge in [-0.05, 0) is 13.0 Å². The Hall–Kier alpha value is -2.39. The van der Waals surface area contributed by atoms with Gasteiger partial charge >= 0.3 is 0 Å². The van der Waals surface area contributed by atoms with E-state index in [1.807, 2.05) is 31.2 Å². The van der Waals surface area contributed by atoms with E-state index in [1.165, 1.54) is 27.8 Å². The van der Waals surface area contributed by atoms with Gasteiger partial charge in [-0.15, -0.1) is 21.5 Å². The predicted octanol–water partition coefficient (Wildman–Crippen LogP) is 2.15. The van der Waals surface area contributed by atoms with Crippen LogP contribution in [0.1, 0.15) is 5.56 Å². The number of benzene rings is 1. The molecule has 9 heteroatoms. The molecule has 3 N–H and O–H groups in total. The predicted molar refractivity (Wildman–Crippen MR) is 91.8 cm³/mol. The number of anilines is 1. The molecule has 0 radical (unpaired) electrons. The summed E-state index contributed by atoms with van der Waals surface area (Å²) in [4.78, 5) is 15.9. The van der Waals surface area contributed by atoms with Crippen molar-refractivity contribution in [2.24, 2.45) is 0 Å². The quantitative estimate of drug-likeness (QED) is 0.542. The molecule has 0 bridgehead atoms. The van der Waals surface area contributed by atoms with Gasteiger partial charge in [0.1, 0.15) is 0 Å². The third kappa shape index (κ3) is 3.69. The number of nitrogen functional groups attached to an aromatic ring is 1. The van der Waals surface area contributed by atoms with E-state index in [0.29, 0.717) is 16.1 Å². The number of aromatic nitrogens is 4. The number of hydrogen-bond donors (Lipinski definition) is 2. The van der Waals surface area contributed by atoms with Gasteiger partial charge in [-0.3, -0.25) is 4.79 Å². The molecule has 2 heterocycles. The van der Waals surface area contributed by atoms with Crippen LogP contribution in [0.25, 0.3) is 11.4 Å². The number of thioether (sulfide) groups is 1. The number of aryl methyl sites for hydroxylation is 1. The Morgan fingerprint density at radius 3 is 3.04 bits per heavy atom. The van der Waals surface area contributed by atoms with Crippen LogP contribution in [0.15, 0.2) is 41.0 Å². The van der Waals surface area contributed by atoms with E-state index >= 15 is 0 Å². The van der Waals surface area contributed by atoms with Gasteiger partial charge in [0.25, 0.3) is 0 Å². The number of thiazole rings is 1. The number of hydrogen-bond acceptors (Lipinski definition) is 7. The van der Waals surface area contributed by atoms with E-state index < -0.39 is 0 Å². The average Bonchev–Trinajstić information content (AvgIpc) is 3.15. The summed E-state index contributed by atoms with van der Waals surface area (Å²) in [5.41, 5.74) is 2.00. The maximum Gasteiger partial charge on any atom is 0.236 e. The number of carbonyl (C=O) groups excluding carboxylic acids is 1. The summed E-state index contributed by atoms with van der Waals surface area (Å²) < 4.78 is 1.40. The molecule has 0 saturated heterocycles. The molecular weight excluding hydrogens is 332 g/mol. The van der Waals surface area contributed by atoms with Crippen LogP contribution >= 0.6 is 23.1 Å². The number of rotatable bonds is 5. The van der Waals surface area contributed by atoms with Crippen LogP contribution in [0.5, 0.6) is 0 Å². The van der Waals surface area contributed by atoms with E-state index in [4.69, 9.17) is 5.84 Å². The molecule has 0 saturated carbocycles. The van der Waals surface area contributed by atoms with E-state index in [1.54, 1.807) is 11.6 Å². The number of nitrogens with zero attached hydrogens (tertiary/aromatic N) is 4. The fourth-order valence-corrected chi connectivity index (χ4v) is 3.13. The minimum atomic E-state index is -0.162. The van der Waals surface area contributed by atoms with Crippen molar-refractivity contribution in [2.45, 2.75) is 12.1 Å². The average molecular weight is 346 g/mol. The van der Waals surface area contributed by atoms with E-state index in [9.17, 15) is 4.79 Å². The van der Waals surface area contributed by atoms with Crippen molar-refractivity contribution in [1.82, 2.24) is 19.9 Å². The molecule has 0 aliphatic rings. The van der Waals surface area contributed by atoms with Crippen LogP contribution in [-0.2, 0) is 4.79 Å². The second kappa shape index (κ2) is 6.80. The third-order valence-corrected chi connectivity index (χ3v) is 4.58. The summed E-state index contributed by atoms with van der Waals surface area (Å²) >= 11 is 2.59. The van der Waals surface area contributed by atoms with Gasteiger partial charge in [0.2, 0.25) is 11.1 Å². The first-order valence-electron chi connectivity index (χ1n) is 6.73. The van der Waals surface area contributed by atoms with Crippen LogP contribution in [0.4, 0.5) is 5.13 Å². The molecule has 0 unspecified atom stereocenters. The first-order chi connectivity index (χ1) is 11.1. The van der Waals surface area contributed by atoms with Gasteiger partial charge in [-0.25, -0.2) is 9.66 Å². The van der Waals surface area contributed by atoms with Gasteiger partial charge in [0, 0.05) is 17.1 Å². The maximum atomic E-state index is 11.9. The highest BCUT2D eigenvalue weighted by Crippen LogP contribution is 2.22. The van der Waals surface area contributed by atoms with Crippen LogP contribution in [-0.4, -0.2) is 31.5 Å². The fourth-order valence-electron chi connectivity index (χ4n) is 1.93. The zero-order valence-electron chi connectivity index (χ0n) is 12.3. The first-order valence-corrected chi connectivity index (χ1v) is 8.59. The molecule has 0 fully saturated rings. The maximum absolute atomic E-state index is 11.9. The summed E-state index contributed by atoms with van der Waals surface area (Å²) in [5.74, 6) is 6.62. The van der Waals surface area contributed by atoms with Gasteiger partial charge < -0.3 is 11.2 Å².